The highest BCUT2D eigenvalue weighted by molar-refractivity contribution is 6.53. The van der Waals surface area contributed by atoms with Crippen LogP contribution in [0.5, 0.6) is 0 Å². The summed E-state index contributed by atoms with van der Waals surface area (Å²) in [5.41, 5.74) is 0.605. The number of anilines is 2. The van der Waals surface area contributed by atoms with Crippen LogP contribution in [0.15, 0.2) is 36.8 Å². The van der Waals surface area contributed by atoms with Crippen molar-refractivity contribution in [1.29, 1.82) is 0 Å². The van der Waals surface area contributed by atoms with Crippen molar-refractivity contribution in [3.8, 4) is 0 Å². The number of carbonyl (C=O) groups excluding carboxylic acids is 3. The summed E-state index contributed by atoms with van der Waals surface area (Å²) in [6, 6.07) is 3.72. The van der Waals surface area contributed by atoms with Crippen molar-refractivity contribution in [2.45, 2.75) is 26.3 Å². The number of hydrogen-bond donors (Lipinski definition) is 1. The van der Waals surface area contributed by atoms with Crippen LogP contribution < -0.4 is 10.2 Å². The standard InChI is InChI=1S/C18H17ClN4O3/c1-10(2)7-14(17(25)22-15-9-20-5-6-21-15)23-13-8-11(19)3-4-12(13)16(24)18(23)26/h3-6,8-10,14H,7H2,1-2H3,(H,21,22,25). The van der Waals surface area contributed by atoms with Gasteiger partial charge in [0.2, 0.25) is 5.91 Å². The molecule has 0 saturated heterocycles. The average molecular weight is 373 g/mol. The molecule has 26 heavy (non-hydrogen) atoms. The second kappa shape index (κ2) is 7.21. The van der Waals surface area contributed by atoms with Crippen molar-refractivity contribution in [3.63, 3.8) is 0 Å². The summed E-state index contributed by atoms with van der Waals surface area (Å²) < 4.78 is 0. The van der Waals surface area contributed by atoms with E-state index in [0.29, 0.717) is 17.1 Å². The number of carbonyl (C=O) groups is 3. The molecule has 0 saturated carbocycles. The molecule has 0 aliphatic carbocycles. The molecule has 0 bridgehead atoms. The number of ketones is 1. The Morgan fingerprint density at radius 2 is 2.04 bits per heavy atom. The van der Waals surface area contributed by atoms with Gasteiger partial charge in [0.25, 0.3) is 11.7 Å². The topological polar surface area (TPSA) is 92.3 Å². The van der Waals surface area contributed by atoms with E-state index in [4.69, 9.17) is 11.6 Å². The fourth-order valence-corrected chi connectivity index (χ4v) is 3.06. The summed E-state index contributed by atoms with van der Waals surface area (Å²) in [7, 11) is 0. The van der Waals surface area contributed by atoms with Gasteiger partial charge in [-0.15, -0.1) is 0 Å². The minimum atomic E-state index is -0.867. The monoisotopic (exact) mass is 372 g/mol. The summed E-state index contributed by atoms with van der Waals surface area (Å²) in [5.74, 6) is -1.43. The molecule has 7 nitrogen and oxygen atoms in total. The van der Waals surface area contributed by atoms with Crippen LogP contribution in [0.3, 0.4) is 0 Å². The Kier molecular flexibility index (Phi) is 4.99. The van der Waals surface area contributed by atoms with Crippen LogP contribution in [0.4, 0.5) is 11.5 Å². The Labute approximate surface area is 155 Å². The second-order valence-electron chi connectivity index (χ2n) is 6.39. The van der Waals surface area contributed by atoms with Crippen LogP contribution in [0, 0.1) is 5.92 Å². The Bertz CT molecular complexity index is 870. The van der Waals surface area contributed by atoms with Gasteiger partial charge < -0.3 is 5.32 Å². The quantitative estimate of drug-likeness (QED) is 0.814. The largest absolute Gasteiger partial charge is 0.308 e. The molecule has 1 aliphatic heterocycles. The molecule has 1 unspecified atom stereocenters. The number of nitrogens with zero attached hydrogens (tertiary/aromatic N) is 3. The van der Waals surface area contributed by atoms with Crippen molar-refractivity contribution in [3.05, 3.63) is 47.4 Å². The van der Waals surface area contributed by atoms with E-state index in [9.17, 15) is 14.4 Å². The molecule has 1 N–H and O–H groups in total. The fraction of sp³-hybridized carbons (Fsp3) is 0.278. The minimum Gasteiger partial charge on any atom is -0.308 e. The first-order valence-electron chi connectivity index (χ1n) is 8.12. The van der Waals surface area contributed by atoms with E-state index < -0.39 is 23.6 Å². The number of halogens is 1. The SMILES string of the molecule is CC(C)CC(C(=O)Nc1cnccn1)N1C(=O)C(=O)c2ccc(Cl)cc21. The highest BCUT2D eigenvalue weighted by Crippen LogP contribution is 2.34. The van der Waals surface area contributed by atoms with Crippen molar-refractivity contribution in [2.24, 2.45) is 5.92 Å². The van der Waals surface area contributed by atoms with Gasteiger partial charge in [0.05, 0.1) is 17.4 Å². The van der Waals surface area contributed by atoms with E-state index in [2.05, 4.69) is 15.3 Å². The Morgan fingerprint density at radius 1 is 1.27 bits per heavy atom. The lowest BCUT2D eigenvalue weighted by atomic mass is 10.0. The first-order chi connectivity index (χ1) is 12.4. The first kappa shape index (κ1) is 18.0. The highest BCUT2D eigenvalue weighted by atomic mass is 35.5. The molecule has 2 amide bonds. The fourth-order valence-electron chi connectivity index (χ4n) is 2.89. The molecule has 2 heterocycles. The Morgan fingerprint density at radius 3 is 2.69 bits per heavy atom. The summed E-state index contributed by atoms with van der Waals surface area (Å²) in [6.07, 6.45) is 4.72. The van der Waals surface area contributed by atoms with Crippen molar-refractivity contribution in [1.82, 2.24) is 9.97 Å². The van der Waals surface area contributed by atoms with Gasteiger partial charge in [0.1, 0.15) is 6.04 Å². The molecule has 1 aromatic carbocycles. The van der Waals surface area contributed by atoms with E-state index in [1.165, 1.54) is 35.6 Å². The maximum absolute atomic E-state index is 12.9. The zero-order chi connectivity index (χ0) is 18.8. The molecule has 1 aromatic heterocycles. The number of rotatable bonds is 5. The van der Waals surface area contributed by atoms with Gasteiger partial charge in [0.15, 0.2) is 5.82 Å². The predicted octanol–water partition coefficient (Wildman–Crippen LogP) is 2.71. The lowest BCUT2D eigenvalue weighted by molar-refractivity contribution is -0.121. The van der Waals surface area contributed by atoms with Gasteiger partial charge in [-0.25, -0.2) is 4.98 Å². The molecule has 3 rings (SSSR count). The number of aromatic nitrogens is 2. The smallest absolute Gasteiger partial charge is 0.300 e. The molecule has 0 radical (unpaired) electrons. The van der Waals surface area contributed by atoms with Gasteiger partial charge in [-0.2, -0.15) is 0 Å². The van der Waals surface area contributed by atoms with Crippen LogP contribution >= 0.6 is 11.6 Å². The third kappa shape index (κ3) is 3.43. The summed E-state index contributed by atoms with van der Waals surface area (Å²) in [4.78, 5) is 46.9. The summed E-state index contributed by atoms with van der Waals surface area (Å²) in [6.45, 7) is 3.87. The van der Waals surface area contributed by atoms with Gasteiger partial charge in [0, 0.05) is 17.4 Å². The van der Waals surface area contributed by atoms with Gasteiger partial charge >= 0.3 is 0 Å². The number of hydrogen-bond acceptors (Lipinski definition) is 5. The number of fused-ring (bicyclic) bond motifs is 1. The molecule has 8 heteroatoms. The number of Topliss-reactive ketones (excluding diaryl/α,β-unsaturated/α-hetero) is 1. The van der Waals surface area contributed by atoms with Crippen LogP contribution in [-0.2, 0) is 9.59 Å². The number of nitrogens with one attached hydrogen (secondary N) is 1. The molecular formula is C18H17ClN4O3. The van der Waals surface area contributed by atoms with Crippen LogP contribution in [-0.4, -0.2) is 33.6 Å². The van der Waals surface area contributed by atoms with Gasteiger partial charge in [-0.1, -0.05) is 25.4 Å². The van der Waals surface area contributed by atoms with E-state index in [1.807, 2.05) is 13.8 Å². The molecule has 1 aliphatic rings. The summed E-state index contributed by atoms with van der Waals surface area (Å²) in [5, 5.41) is 3.04. The van der Waals surface area contributed by atoms with Crippen molar-refractivity contribution >= 4 is 40.7 Å². The van der Waals surface area contributed by atoms with E-state index in [-0.39, 0.29) is 17.3 Å². The Balaban J connectivity index is 1.98. The highest BCUT2D eigenvalue weighted by Gasteiger charge is 2.42. The number of amides is 2. The van der Waals surface area contributed by atoms with Gasteiger partial charge in [-0.05, 0) is 30.5 Å². The van der Waals surface area contributed by atoms with Gasteiger partial charge in [-0.3, -0.25) is 24.3 Å². The van der Waals surface area contributed by atoms with Crippen LogP contribution in [0.1, 0.15) is 30.6 Å². The lowest BCUT2D eigenvalue weighted by Crippen LogP contribution is -2.47. The first-order valence-corrected chi connectivity index (χ1v) is 8.50. The second-order valence-corrected chi connectivity index (χ2v) is 6.83. The van der Waals surface area contributed by atoms with E-state index in [0.717, 1.165) is 0 Å². The summed E-state index contributed by atoms with van der Waals surface area (Å²) >= 11 is 6.04. The predicted molar refractivity (Wildman–Crippen MR) is 97.2 cm³/mol. The molecule has 1 atom stereocenters. The van der Waals surface area contributed by atoms with Crippen LogP contribution in [0.2, 0.25) is 5.02 Å². The van der Waals surface area contributed by atoms with Crippen molar-refractivity contribution < 1.29 is 14.4 Å². The zero-order valence-electron chi connectivity index (χ0n) is 14.3. The van der Waals surface area contributed by atoms with E-state index in [1.54, 1.807) is 6.07 Å². The maximum atomic E-state index is 12.9. The van der Waals surface area contributed by atoms with Crippen molar-refractivity contribution in [2.75, 3.05) is 10.2 Å². The third-order valence-corrected chi connectivity index (χ3v) is 4.24. The maximum Gasteiger partial charge on any atom is 0.300 e. The molecule has 2 aromatic rings. The molecule has 134 valence electrons. The number of benzene rings is 1. The Hall–Kier alpha value is -2.80. The average Bonchev–Trinajstić information content (AvgIpc) is 2.84. The van der Waals surface area contributed by atoms with E-state index >= 15 is 0 Å². The zero-order valence-corrected chi connectivity index (χ0v) is 15.0. The third-order valence-electron chi connectivity index (χ3n) is 4.00. The molecule has 0 fully saturated rings. The molecular weight excluding hydrogens is 356 g/mol. The normalized spacial score (nSPS) is 14.5. The molecule has 0 spiro atoms. The van der Waals surface area contributed by atoms with Crippen LogP contribution in [0.25, 0.3) is 0 Å². The lowest BCUT2D eigenvalue weighted by Gasteiger charge is -2.28. The minimum absolute atomic E-state index is 0.110.